The fourth-order valence-corrected chi connectivity index (χ4v) is 0.857. The van der Waals surface area contributed by atoms with E-state index in [1.165, 1.54) is 0 Å². The average molecular weight is 185 g/mol. The van der Waals surface area contributed by atoms with Gasteiger partial charge >= 0.3 is 16.0 Å². The van der Waals surface area contributed by atoms with E-state index in [2.05, 4.69) is 10.2 Å². The summed E-state index contributed by atoms with van der Waals surface area (Å²) in [5, 5.41) is 5.82. The number of carbonyl (C=O) groups excluding carboxylic acids is 1. The molecule has 0 saturated heterocycles. The van der Waals surface area contributed by atoms with Crippen LogP contribution in [0.15, 0.2) is 21.3 Å². The van der Waals surface area contributed by atoms with Gasteiger partial charge in [0, 0.05) is 29.6 Å². The van der Waals surface area contributed by atoms with E-state index < -0.39 is 20.9 Å². The molecule has 0 saturated carbocycles. The predicted octanol–water partition coefficient (Wildman–Crippen LogP) is -0.673. The molecule has 0 fully saturated rings. The summed E-state index contributed by atoms with van der Waals surface area (Å²) in [6.45, 7) is 0. The smallest absolute Gasteiger partial charge is 0.282 e. The molecule has 0 aromatic rings. The average Bonchev–Trinajstić information content (AvgIpc) is 2.11. The van der Waals surface area contributed by atoms with Crippen LogP contribution in [0.5, 0.6) is 0 Å². The first-order valence-corrected chi connectivity index (χ1v) is 3.58. The van der Waals surface area contributed by atoms with E-state index in [1.807, 2.05) is 0 Å². The van der Waals surface area contributed by atoms with E-state index in [1.54, 1.807) is 0 Å². The van der Waals surface area contributed by atoms with Gasteiger partial charge in [-0.05, 0) is 0 Å². The summed E-state index contributed by atoms with van der Waals surface area (Å²) >= 11 is 0. The van der Waals surface area contributed by atoms with E-state index in [4.69, 9.17) is 4.55 Å². The number of azo groups is 1. The topological polar surface area (TPSA) is 96.2 Å². The van der Waals surface area contributed by atoms with E-state index in [0.29, 0.717) is 6.20 Å². The van der Waals surface area contributed by atoms with Gasteiger partial charge < -0.3 is 0 Å². The zero-order valence-electron chi connectivity index (χ0n) is 5.55. The molecule has 0 aliphatic carbocycles. The Bertz CT molecular complexity index is 329. The fraction of sp³-hybridized carbons (Fsp3) is 0. The molecule has 55 valence electrons. The first-order chi connectivity index (χ1) is 4.52. The van der Waals surface area contributed by atoms with Crippen LogP contribution in [-0.4, -0.2) is 48.4 Å². The Labute approximate surface area is 84.4 Å². The van der Waals surface area contributed by atoms with Gasteiger partial charge in [0.15, 0.2) is 4.91 Å². The normalized spacial score (nSPS) is 16.1. The maximum absolute atomic E-state index is 10.4. The molecule has 6 nitrogen and oxygen atoms in total. The quantitative estimate of drug-likeness (QED) is 0.432. The summed E-state index contributed by atoms with van der Waals surface area (Å²) in [6.07, 6.45) is 0.692. The van der Waals surface area contributed by atoms with Gasteiger partial charge in [-0.25, -0.2) is 0 Å². The van der Waals surface area contributed by atoms with Gasteiger partial charge in [-0.3, -0.25) is 9.35 Å². The van der Waals surface area contributed by atoms with Crippen molar-refractivity contribution < 1.29 is 17.8 Å². The molecule has 0 aromatic carbocycles. The molecule has 0 unspecified atom stereocenters. The zero-order chi connectivity index (χ0) is 7.78. The Balaban J connectivity index is 0.000001000. The van der Waals surface area contributed by atoms with Crippen molar-refractivity contribution in [1.82, 2.24) is 0 Å². The fourth-order valence-electron chi connectivity index (χ4n) is 0.415. The van der Waals surface area contributed by atoms with Gasteiger partial charge in [0.25, 0.3) is 0 Å². The largest absolute Gasteiger partial charge is 0.311 e. The molecule has 1 aliphatic heterocycles. The molecule has 11 heavy (non-hydrogen) atoms. The molecule has 0 spiro atoms. The number of nitrogens with zero attached hydrogens (tertiary/aromatic N) is 2. The van der Waals surface area contributed by atoms with Gasteiger partial charge in [-0.15, -0.1) is 5.11 Å². The summed E-state index contributed by atoms with van der Waals surface area (Å²) in [7, 11) is -4.43. The van der Waals surface area contributed by atoms with Gasteiger partial charge in [0.05, 0.1) is 6.20 Å². The van der Waals surface area contributed by atoms with Crippen LogP contribution in [0.3, 0.4) is 0 Å². The van der Waals surface area contributed by atoms with E-state index in [9.17, 15) is 13.2 Å². The summed E-state index contributed by atoms with van der Waals surface area (Å²) in [6, 6.07) is 0. The minimum atomic E-state index is -4.43. The zero-order valence-corrected chi connectivity index (χ0v) is 8.37. The number of rotatable bonds is 1. The second-order valence-corrected chi connectivity index (χ2v) is 2.88. The van der Waals surface area contributed by atoms with Crippen LogP contribution < -0.4 is 0 Å². The molecule has 1 rings (SSSR count). The van der Waals surface area contributed by atoms with Crippen molar-refractivity contribution in [2.24, 2.45) is 10.2 Å². The summed E-state index contributed by atoms with van der Waals surface area (Å²) in [4.78, 5) is 9.57. The van der Waals surface area contributed by atoms with Crippen LogP contribution in [0.2, 0.25) is 0 Å². The Morgan fingerprint density at radius 2 is 2.00 bits per heavy atom. The van der Waals surface area contributed by atoms with Crippen LogP contribution in [0.4, 0.5) is 0 Å². The van der Waals surface area contributed by atoms with E-state index in [-0.39, 0.29) is 29.6 Å². The van der Waals surface area contributed by atoms with Crippen LogP contribution in [-0.2, 0) is 14.9 Å². The number of amides is 1. The van der Waals surface area contributed by atoms with Crippen molar-refractivity contribution in [3.63, 3.8) is 0 Å². The molecule has 1 radical (unpaired) electrons. The van der Waals surface area contributed by atoms with Crippen LogP contribution in [0, 0.1) is 0 Å². The maximum Gasteiger partial charge on any atom is 0.311 e. The third-order valence-electron chi connectivity index (χ3n) is 0.812. The van der Waals surface area contributed by atoms with E-state index in [0.717, 1.165) is 0 Å². The maximum atomic E-state index is 10.4. The first-order valence-electron chi connectivity index (χ1n) is 2.14. The third kappa shape index (κ3) is 2.46. The van der Waals surface area contributed by atoms with Gasteiger partial charge in [0.1, 0.15) is 0 Å². The summed E-state index contributed by atoms with van der Waals surface area (Å²) < 4.78 is 28.6. The molecule has 1 heterocycles. The number of carbonyl (C=O) groups is 1. The second-order valence-electron chi connectivity index (χ2n) is 1.49. The Morgan fingerprint density at radius 1 is 1.45 bits per heavy atom. The van der Waals surface area contributed by atoms with Crippen LogP contribution in [0.1, 0.15) is 0 Å². The molecule has 1 amide bonds. The first kappa shape index (κ1) is 10.9. The molecule has 8 heteroatoms. The Morgan fingerprint density at radius 3 is 2.18 bits per heavy atom. The van der Waals surface area contributed by atoms with E-state index >= 15 is 0 Å². The molecule has 0 atom stereocenters. The monoisotopic (exact) mass is 185 g/mol. The van der Waals surface area contributed by atoms with Gasteiger partial charge in [-0.2, -0.15) is 13.5 Å². The van der Waals surface area contributed by atoms with Crippen LogP contribution in [0.25, 0.3) is 0 Å². The molecule has 0 bridgehead atoms. The van der Waals surface area contributed by atoms with Crippen LogP contribution >= 0.6 is 0 Å². The van der Waals surface area contributed by atoms with Gasteiger partial charge in [0.2, 0.25) is 0 Å². The van der Waals surface area contributed by atoms with Crippen molar-refractivity contribution >= 4 is 45.6 Å². The SMILES string of the molecule is O=C1N=NC=C1S(=O)(=O)O.[Na]. The summed E-state index contributed by atoms with van der Waals surface area (Å²) in [5.41, 5.74) is 0. The van der Waals surface area contributed by atoms with Gasteiger partial charge in [-0.1, -0.05) is 0 Å². The second kappa shape index (κ2) is 3.55. The molecule has 0 aromatic heterocycles. The molecular weight excluding hydrogens is 183 g/mol. The van der Waals surface area contributed by atoms with Crippen molar-refractivity contribution in [1.29, 1.82) is 0 Å². The number of hydrogen-bond acceptors (Lipinski definition) is 4. The van der Waals surface area contributed by atoms with Crippen molar-refractivity contribution in [3.05, 3.63) is 11.1 Å². The third-order valence-corrected chi connectivity index (χ3v) is 1.65. The predicted molar refractivity (Wildman–Crippen MR) is 35.2 cm³/mol. The Kier molecular flexibility index (Phi) is 3.52. The van der Waals surface area contributed by atoms with Crippen molar-refractivity contribution in [3.8, 4) is 0 Å². The Hall–Kier alpha value is -0.0800. The molecule has 1 N–H and O–H groups in total. The van der Waals surface area contributed by atoms with Crippen molar-refractivity contribution in [2.45, 2.75) is 0 Å². The van der Waals surface area contributed by atoms with Crippen molar-refractivity contribution in [2.75, 3.05) is 0 Å². The molecular formula is C3H2N2NaO4S. The summed E-state index contributed by atoms with van der Waals surface area (Å²) in [5.74, 6) is -1.04. The number of hydrogen-bond donors (Lipinski definition) is 1. The molecule has 1 aliphatic rings. The minimum Gasteiger partial charge on any atom is -0.282 e. The minimum absolute atomic E-state index is 0. The standard InChI is InChI=1S/C3H2N2O4S.Na/c6-3-2(1-4-5-3)10(7,8)9;/h1H,(H,7,8,9);.